The molecule has 0 bridgehead atoms. The van der Waals surface area contributed by atoms with Gasteiger partial charge >= 0.3 is 0 Å². The van der Waals surface area contributed by atoms with Gasteiger partial charge in [-0.15, -0.1) is 0 Å². The molecule has 1 amide bonds. The Kier molecular flexibility index (Phi) is 6.47. The Morgan fingerprint density at radius 2 is 2.11 bits per heavy atom. The number of benzene rings is 1. The van der Waals surface area contributed by atoms with Crippen LogP contribution in [0.1, 0.15) is 18.9 Å². The van der Waals surface area contributed by atoms with Crippen LogP contribution in [-0.2, 0) is 11.2 Å². The average Bonchev–Trinajstić information content (AvgIpc) is 2.37. The van der Waals surface area contributed by atoms with Crippen LogP contribution in [0, 0.1) is 0 Å². The molecular weight excluding hydrogens is 273 g/mol. The van der Waals surface area contributed by atoms with Gasteiger partial charge in [0, 0.05) is 19.5 Å². The Balaban J connectivity index is 2.59. The number of hydrogen-bond donors (Lipinski definition) is 1. The summed E-state index contributed by atoms with van der Waals surface area (Å²) in [7, 11) is 0. The van der Waals surface area contributed by atoms with Crippen molar-refractivity contribution in [3.63, 3.8) is 0 Å². The van der Waals surface area contributed by atoms with E-state index in [1.807, 2.05) is 19.1 Å². The van der Waals surface area contributed by atoms with Crippen molar-refractivity contribution in [1.29, 1.82) is 0 Å². The lowest BCUT2D eigenvalue weighted by atomic mass is 10.1. The minimum Gasteiger partial charge on any atom is -0.395 e. The van der Waals surface area contributed by atoms with E-state index in [0.717, 1.165) is 5.56 Å². The fraction of sp³-hybridized carbons (Fsp3) is 0.462. The number of aryl methyl sites for hydroxylation is 1. The monoisotopic (exact) mass is 289 g/mol. The summed E-state index contributed by atoms with van der Waals surface area (Å²) in [6.07, 6.45) is 0.925. The zero-order valence-corrected chi connectivity index (χ0v) is 11.8. The number of hydrogen-bond acceptors (Lipinski definition) is 2. The molecule has 5 heteroatoms. The molecule has 1 aromatic rings. The van der Waals surface area contributed by atoms with E-state index in [4.69, 9.17) is 28.3 Å². The fourth-order valence-corrected chi connectivity index (χ4v) is 2.14. The Hall–Kier alpha value is -0.770. The lowest BCUT2D eigenvalue weighted by Crippen LogP contribution is -2.33. The first-order chi connectivity index (χ1) is 8.60. The van der Waals surface area contributed by atoms with E-state index in [-0.39, 0.29) is 12.5 Å². The van der Waals surface area contributed by atoms with E-state index < -0.39 is 0 Å². The van der Waals surface area contributed by atoms with Gasteiger partial charge in [0.1, 0.15) is 0 Å². The molecule has 0 unspecified atom stereocenters. The van der Waals surface area contributed by atoms with Gasteiger partial charge < -0.3 is 10.0 Å². The molecule has 0 saturated carbocycles. The van der Waals surface area contributed by atoms with Crippen molar-refractivity contribution in [2.75, 3.05) is 19.7 Å². The topological polar surface area (TPSA) is 40.5 Å². The van der Waals surface area contributed by atoms with Gasteiger partial charge in [-0.2, -0.15) is 0 Å². The average molecular weight is 290 g/mol. The molecule has 100 valence electrons. The normalized spacial score (nSPS) is 10.4. The Bertz CT molecular complexity index is 410. The summed E-state index contributed by atoms with van der Waals surface area (Å²) in [5.41, 5.74) is 0.873. The summed E-state index contributed by atoms with van der Waals surface area (Å²) in [6.45, 7) is 2.85. The molecule has 0 aromatic heterocycles. The lowest BCUT2D eigenvalue weighted by molar-refractivity contribution is -0.131. The highest BCUT2D eigenvalue weighted by Crippen LogP contribution is 2.26. The fourth-order valence-electron chi connectivity index (χ4n) is 1.72. The van der Waals surface area contributed by atoms with Crippen LogP contribution >= 0.6 is 23.2 Å². The molecule has 0 fully saturated rings. The van der Waals surface area contributed by atoms with Gasteiger partial charge in [0.05, 0.1) is 16.7 Å². The molecule has 0 aliphatic heterocycles. The largest absolute Gasteiger partial charge is 0.395 e. The van der Waals surface area contributed by atoms with E-state index >= 15 is 0 Å². The zero-order chi connectivity index (χ0) is 13.5. The van der Waals surface area contributed by atoms with Gasteiger partial charge in [-0.05, 0) is 25.0 Å². The molecule has 0 heterocycles. The molecule has 0 aliphatic carbocycles. The lowest BCUT2D eigenvalue weighted by Gasteiger charge is -2.19. The molecule has 0 atom stereocenters. The van der Waals surface area contributed by atoms with Crippen LogP contribution < -0.4 is 0 Å². The van der Waals surface area contributed by atoms with Crippen LogP contribution in [0.15, 0.2) is 18.2 Å². The van der Waals surface area contributed by atoms with E-state index in [9.17, 15) is 4.79 Å². The third kappa shape index (κ3) is 4.16. The van der Waals surface area contributed by atoms with E-state index in [1.165, 1.54) is 0 Å². The number of amides is 1. The predicted octanol–water partition coefficient (Wildman–Crippen LogP) is 2.77. The van der Waals surface area contributed by atoms with Crippen molar-refractivity contribution >= 4 is 29.1 Å². The van der Waals surface area contributed by atoms with Crippen molar-refractivity contribution in [2.24, 2.45) is 0 Å². The van der Waals surface area contributed by atoms with Gasteiger partial charge in [-0.25, -0.2) is 0 Å². The highest BCUT2D eigenvalue weighted by molar-refractivity contribution is 6.42. The van der Waals surface area contributed by atoms with Crippen molar-refractivity contribution < 1.29 is 9.90 Å². The summed E-state index contributed by atoms with van der Waals surface area (Å²) in [4.78, 5) is 13.5. The van der Waals surface area contributed by atoms with Crippen LogP contribution in [0.5, 0.6) is 0 Å². The third-order valence-electron chi connectivity index (χ3n) is 2.74. The maximum atomic E-state index is 11.9. The molecule has 0 aliphatic rings. The molecule has 0 spiro atoms. The van der Waals surface area contributed by atoms with E-state index in [0.29, 0.717) is 36.0 Å². The van der Waals surface area contributed by atoms with E-state index in [1.54, 1.807) is 11.0 Å². The van der Waals surface area contributed by atoms with Crippen LogP contribution in [0.2, 0.25) is 10.0 Å². The van der Waals surface area contributed by atoms with Crippen LogP contribution in [0.25, 0.3) is 0 Å². The summed E-state index contributed by atoms with van der Waals surface area (Å²) in [6, 6.07) is 5.41. The van der Waals surface area contributed by atoms with Gasteiger partial charge in [0.2, 0.25) is 5.91 Å². The zero-order valence-electron chi connectivity index (χ0n) is 10.3. The molecule has 1 N–H and O–H groups in total. The molecule has 1 rings (SSSR count). The van der Waals surface area contributed by atoms with Gasteiger partial charge in [-0.1, -0.05) is 35.3 Å². The van der Waals surface area contributed by atoms with Crippen LogP contribution in [-0.4, -0.2) is 35.6 Å². The van der Waals surface area contributed by atoms with E-state index in [2.05, 4.69) is 0 Å². The standard InChI is InChI=1S/C13H17Cl2NO2/c1-2-16(8-9-17)12(18)7-6-10-4-3-5-11(14)13(10)15/h3-5,17H,2,6-9H2,1H3. The number of aliphatic hydroxyl groups is 1. The number of nitrogens with zero attached hydrogens (tertiary/aromatic N) is 1. The Morgan fingerprint density at radius 1 is 1.39 bits per heavy atom. The van der Waals surface area contributed by atoms with Crippen molar-refractivity contribution in [1.82, 2.24) is 4.90 Å². The molecule has 3 nitrogen and oxygen atoms in total. The maximum Gasteiger partial charge on any atom is 0.222 e. The summed E-state index contributed by atoms with van der Waals surface area (Å²) < 4.78 is 0. The highest BCUT2D eigenvalue weighted by Gasteiger charge is 2.12. The molecular formula is C13H17Cl2NO2. The van der Waals surface area contributed by atoms with Crippen molar-refractivity contribution in [3.8, 4) is 0 Å². The quantitative estimate of drug-likeness (QED) is 0.875. The molecule has 1 aromatic carbocycles. The first-order valence-electron chi connectivity index (χ1n) is 5.91. The van der Waals surface area contributed by atoms with Gasteiger partial charge in [-0.3, -0.25) is 4.79 Å². The molecule has 18 heavy (non-hydrogen) atoms. The second-order valence-corrected chi connectivity index (χ2v) is 4.70. The predicted molar refractivity (Wildman–Crippen MR) is 74.1 cm³/mol. The number of rotatable bonds is 6. The van der Waals surface area contributed by atoms with Gasteiger partial charge in [0.25, 0.3) is 0 Å². The number of carbonyl (C=O) groups excluding carboxylic acids is 1. The number of likely N-dealkylation sites (N-methyl/N-ethyl adjacent to an activating group) is 1. The second-order valence-electron chi connectivity index (χ2n) is 3.91. The second kappa shape index (κ2) is 7.62. The third-order valence-corrected chi connectivity index (χ3v) is 3.60. The first kappa shape index (κ1) is 15.3. The minimum absolute atomic E-state index is 0.0163. The minimum atomic E-state index is -0.0164. The van der Waals surface area contributed by atoms with Crippen LogP contribution in [0.4, 0.5) is 0 Å². The SMILES string of the molecule is CCN(CCO)C(=O)CCc1cccc(Cl)c1Cl. The summed E-state index contributed by atoms with van der Waals surface area (Å²) in [5, 5.41) is 9.87. The molecule has 0 saturated heterocycles. The smallest absolute Gasteiger partial charge is 0.222 e. The van der Waals surface area contributed by atoms with Crippen molar-refractivity contribution in [3.05, 3.63) is 33.8 Å². The number of aliphatic hydroxyl groups excluding tert-OH is 1. The molecule has 0 radical (unpaired) electrons. The maximum absolute atomic E-state index is 11.9. The van der Waals surface area contributed by atoms with Gasteiger partial charge in [0.15, 0.2) is 0 Å². The number of carbonyl (C=O) groups is 1. The van der Waals surface area contributed by atoms with Crippen molar-refractivity contribution in [2.45, 2.75) is 19.8 Å². The first-order valence-corrected chi connectivity index (χ1v) is 6.67. The van der Waals surface area contributed by atoms with Crippen LogP contribution in [0.3, 0.4) is 0 Å². The Morgan fingerprint density at radius 3 is 2.72 bits per heavy atom. The summed E-state index contributed by atoms with van der Waals surface area (Å²) in [5.74, 6) is 0.0163. The number of halogens is 2. The highest BCUT2D eigenvalue weighted by atomic mass is 35.5. The summed E-state index contributed by atoms with van der Waals surface area (Å²) >= 11 is 12.0. The Labute approximate surface area is 117 Å².